The first-order valence-corrected chi connectivity index (χ1v) is 15.1. The smallest absolute Gasteiger partial charge is 0.164 e. The number of aromatic nitrogens is 3. The molecular formula is C41H29N3. The minimum Gasteiger partial charge on any atom is -0.208 e. The summed E-state index contributed by atoms with van der Waals surface area (Å²) in [6.45, 7) is 0. The van der Waals surface area contributed by atoms with Gasteiger partial charge in [-0.3, -0.25) is 0 Å². The molecule has 0 saturated carbocycles. The van der Waals surface area contributed by atoms with E-state index < -0.39 is 0 Å². The monoisotopic (exact) mass is 563 g/mol. The average Bonchev–Trinajstić information content (AvgIpc) is 3.11. The molecule has 0 radical (unpaired) electrons. The molecule has 1 aliphatic rings. The molecule has 8 rings (SSSR count). The van der Waals surface area contributed by atoms with Crippen molar-refractivity contribution in [2.75, 3.05) is 0 Å². The maximum absolute atomic E-state index is 5.01. The van der Waals surface area contributed by atoms with Gasteiger partial charge in [0.05, 0.1) is 0 Å². The topological polar surface area (TPSA) is 38.7 Å². The van der Waals surface area contributed by atoms with Crippen molar-refractivity contribution < 1.29 is 0 Å². The third-order valence-corrected chi connectivity index (χ3v) is 8.39. The Hall–Kier alpha value is -5.67. The van der Waals surface area contributed by atoms with Crippen LogP contribution in [0.2, 0.25) is 0 Å². The number of hydrogen-bond donors (Lipinski definition) is 0. The Morgan fingerprint density at radius 2 is 0.886 bits per heavy atom. The van der Waals surface area contributed by atoms with E-state index in [9.17, 15) is 0 Å². The van der Waals surface area contributed by atoms with Gasteiger partial charge in [-0.2, -0.15) is 0 Å². The van der Waals surface area contributed by atoms with Gasteiger partial charge in [0, 0.05) is 16.7 Å². The Kier molecular flexibility index (Phi) is 6.62. The van der Waals surface area contributed by atoms with Gasteiger partial charge in [0.2, 0.25) is 0 Å². The molecule has 0 amide bonds. The molecule has 3 heteroatoms. The number of nitrogens with zero attached hydrogens (tertiary/aromatic N) is 3. The van der Waals surface area contributed by atoms with Crippen LogP contribution >= 0.6 is 0 Å². The number of allylic oxidation sites excluding steroid dienone is 1. The molecule has 1 aromatic heterocycles. The largest absolute Gasteiger partial charge is 0.208 e. The predicted molar refractivity (Wildman–Crippen MR) is 182 cm³/mol. The highest BCUT2D eigenvalue weighted by atomic mass is 15.0. The molecule has 44 heavy (non-hydrogen) atoms. The van der Waals surface area contributed by atoms with Crippen LogP contribution in [-0.4, -0.2) is 15.0 Å². The molecule has 1 heterocycles. The second-order valence-corrected chi connectivity index (χ2v) is 11.2. The molecule has 0 spiro atoms. The summed E-state index contributed by atoms with van der Waals surface area (Å²) in [5.74, 6) is 2.02. The highest BCUT2D eigenvalue weighted by Gasteiger charge is 2.15. The fourth-order valence-corrected chi connectivity index (χ4v) is 5.96. The Morgan fingerprint density at radius 1 is 0.386 bits per heavy atom. The lowest BCUT2D eigenvalue weighted by molar-refractivity contribution is 0.985. The fourth-order valence-electron chi connectivity index (χ4n) is 5.96. The number of hydrogen-bond acceptors (Lipinski definition) is 3. The van der Waals surface area contributed by atoms with Crippen molar-refractivity contribution in [3.63, 3.8) is 0 Å². The van der Waals surface area contributed by atoms with Crippen molar-refractivity contribution in [2.24, 2.45) is 0 Å². The van der Waals surface area contributed by atoms with Crippen molar-refractivity contribution in [3.05, 3.63) is 157 Å². The molecule has 6 aromatic carbocycles. The van der Waals surface area contributed by atoms with Gasteiger partial charge < -0.3 is 0 Å². The van der Waals surface area contributed by atoms with E-state index in [4.69, 9.17) is 15.0 Å². The van der Waals surface area contributed by atoms with Gasteiger partial charge in [-0.25, -0.2) is 15.0 Å². The highest BCUT2D eigenvalue weighted by Crippen LogP contribution is 2.31. The zero-order valence-electron chi connectivity index (χ0n) is 24.2. The minimum absolute atomic E-state index is 0.664. The SMILES string of the molecule is C1=Cc2cc(-c3nc(-c4ccc(-c5ccc(-c6ccccc6)cc5)cc4)nc(-c4ccc5ccccc5c4)n3)ccc2CC1. The molecule has 0 N–H and O–H groups in total. The fraction of sp³-hybridized carbons (Fsp3) is 0.0488. The van der Waals surface area contributed by atoms with Crippen LogP contribution in [0, 0.1) is 0 Å². The van der Waals surface area contributed by atoms with Gasteiger partial charge in [-0.05, 0) is 69.1 Å². The summed E-state index contributed by atoms with van der Waals surface area (Å²) in [4.78, 5) is 15.0. The third kappa shape index (κ3) is 5.10. The molecule has 208 valence electrons. The van der Waals surface area contributed by atoms with Crippen molar-refractivity contribution in [1.29, 1.82) is 0 Å². The Balaban J connectivity index is 1.18. The van der Waals surface area contributed by atoms with Crippen molar-refractivity contribution in [3.8, 4) is 56.4 Å². The number of benzene rings is 6. The second kappa shape index (κ2) is 11.2. The number of aryl methyl sites for hydroxylation is 1. The van der Waals surface area contributed by atoms with Gasteiger partial charge in [-0.1, -0.05) is 140 Å². The second-order valence-electron chi connectivity index (χ2n) is 11.2. The predicted octanol–water partition coefficient (Wildman–Crippen LogP) is 10.3. The van der Waals surface area contributed by atoms with Crippen LogP contribution in [0.3, 0.4) is 0 Å². The molecule has 1 aliphatic carbocycles. The van der Waals surface area contributed by atoms with Crippen LogP contribution in [0.25, 0.3) is 73.3 Å². The van der Waals surface area contributed by atoms with Gasteiger partial charge in [-0.15, -0.1) is 0 Å². The van der Waals surface area contributed by atoms with E-state index in [0.29, 0.717) is 17.5 Å². The zero-order chi connectivity index (χ0) is 29.3. The van der Waals surface area contributed by atoms with E-state index >= 15 is 0 Å². The molecule has 7 aromatic rings. The van der Waals surface area contributed by atoms with Gasteiger partial charge in [0.15, 0.2) is 17.5 Å². The maximum atomic E-state index is 5.01. The molecular weight excluding hydrogens is 534 g/mol. The van der Waals surface area contributed by atoms with E-state index in [2.05, 4.69) is 146 Å². The first-order valence-electron chi connectivity index (χ1n) is 15.1. The Labute approximate surface area is 257 Å². The molecule has 0 atom stereocenters. The average molecular weight is 564 g/mol. The molecule has 0 unspecified atom stereocenters. The quantitative estimate of drug-likeness (QED) is 0.209. The lowest BCUT2D eigenvalue weighted by atomic mass is 9.95. The summed E-state index contributed by atoms with van der Waals surface area (Å²) in [6, 6.07) is 49.0. The summed E-state index contributed by atoms with van der Waals surface area (Å²) >= 11 is 0. The van der Waals surface area contributed by atoms with Crippen LogP contribution in [0.5, 0.6) is 0 Å². The van der Waals surface area contributed by atoms with Gasteiger partial charge in [0.1, 0.15) is 0 Å². The Morgan fingerprint density at radius 3 is 1.57 bits per heavy atom. The minimum atomic E-state index is 0.664. The third-order valence-electron chi connectivity index (χ3n) is 8.39. The van der Waals surface area contributed by atoms with Crippen molar-refractivity contribution >= 4 is 16.8 Å². The van der Waals surface area contributed by atoms with Crippen molar-refractivity contribution in [2.45, 2.75) is 12.8 Å². The van der Waals surface area contributed by atoms with Gasteiger partial charge >= 0.3 is 0 Å². The number of fused-ring (bicyclic) bond motifs is 2. The molecule has 3 nitrogen and oxygen atoms in total. The standard InChI is InChI=1S/C41H29N3/c1-2-8-28(9-3-1)31-14-16-32(17-15-31)33-18-22-34(23-19-33)39-42-40(37-24-20-29-10-4-6-12-35(29)26-37)44-41(43-39)38-25-21-30-11-5-7-13-36(30)27-38/h1-4,6-10,12-27H,5,11H2. The molecule has 0 fully saturated rings. The molecule has 0 aliphatic heterocycles. The van der Waals surface area contributed by atoms with Crippen LogP contribution in [-0.2, 0) is 6.42 Å². The molecule has 0 bridgehead atoms. The highest BCUT2D eigenvalue weighted by molar-refractivity contribution is 5.86. The normalized spacial score (nSPS) is 12.3. The summed E-state index contributed by atoms with van der Waals surface area (Å²) in [5, 5.41) is 2.36. The first kappa shape index (κ1) is 26.0. The van der Waals surface area contributed by atoms with E-state index in [0.717, 1.165) is 40.5 Å². The van der Waals surface area contributed by atoms with E-state index in [-0.39, 0.29) is 0 Å². The van der Waals surface area contributed by atoms with Crippen LogP contribution in [0.15, 0.2) is 146 Å². The number of rotatable bonds is 5. The molecule has 0 saturated heterocycles. The van der Waals surface area contributed by atoms with Gasteiger partial charge in [0.25, 0.3) is 0 Å². The summed E-state index contributed by atoms with van der Waals surface area (Å²) in [6.07, 6.45) is 6.60. The van der Waals surface area contributed by atoms with E-state index in [1.54, 1.807) is 0 Å². The summed E-state index contributed by atoms with van der Waals surface area (Å²) in [7, 11) is 0. The summed E-state index contributed by atoms with van der Waals surface area (Å²) in [5.41, 5.74) is 10.3. The maximum Gasteiger partial charge on any atom is 0.164 e. The summed E-state index contributed by atoms with van der Waals surface area (Å²) < 4.78 is 0. The van der Waals surface area contributed by atoms with Crippen LogP contribution < -0.4 is 0 Å². The van der Waals surface area contributed by atoms with E-state index in [1.165, 1.54) is 33.2 Å². The first-order chi connectivity index (χ1) is 21.8. The van der Waals surface area contributed by atoms with E-state index in [1.807, 2.05) is 6.07 Å². The lowest BCUT2D eigenvalue weighted by Gasteiger charge is -2.13. The lowest BCUT2D eigenvalue weighted by Crippen LogP contribution is -2.01. The van der Waals surface area contributed by atoms with Crippen LogP contribution in [0.4, 0.5) is 0 Å². The zero-order valence-corrected chi connectivity index (χ0v) is 24.2. The van der Waals surface area contributed by atoms with Crippen molar-refractivity contribution in [1.82, 2.24) is 15.0 Å². The Bertz CT molecular complexity index is 2140. The van der Waals surface area contributed by atoms with Crippen LogP contribution in [0.1, 0.15) is 17.5 Å².